The fourth-order valence-corrected chi connectivity index (χ4v) is 23.1. The molecule has 6 aliphatic rings. The van der Waals surface area contributed by atoms with Gasteiger partial charge in [-0.05, 0) is 121 Å². The van der Waals surface area contributed by atoms with Gasteiger partial charge in [0.2, 0.25) is 29.5 Å². The quantitative estimate of drug-likeness (QED) is 0.0316. The van der Waals surface area contributed by atoms with Crippen LogP contribution in [0.4, 0.5) is 0 Å². The minimum atomic E-state index is -4.20. The summed E-state index contributed by atoms with van der Waals surface area (Å²) in [5.74, 6) is -2.58. The van der Waals surface area contributed by atoms with Gasteiger partial charge in [0.15, 0.2) is 0 Å². The molecule has 35 heteroatoms. The molecule has 0 unspecified atom stereocenters. The molecule has 4 aromatic rings. The molecule has 6 fully saturated rings. The van der Waals surface area contributed by atoms with E-state index in [9.17, 15) is 69.9 Å². The highest BCUT2D eigenvalue weighted by molar-refractivity contribution is 8.19. The molecule has 2 aromatic carbocycles. The maximum Gasteiger partial charge on any atom is 0.326 e. The smallest absolute Gasteiger partial charge is 0.326 e. The molecule has 10 rings (SSSR count). The van der Waals surface area contributed by atoms with Gasteiger partial charge in [-0.1, -0.05) is 143 Å². The van der Waals surface area contributed by atoms with Gasteiger partial charge in [0, 0.05) is 50.7 Å². The summed E-state index contributed by atoms with van der Waals surface area (Å²) in [4.78, 5) is 154. The van der Waals surface area contributed by atoms with E-state index in [-0.39, 0.29) is 50.1 Å². The van der Waals surface area contributed by atoms with E-state index in [1.807, 2.05) is 60.1 Å². The van der Waals surface area contributed by atoms with Crippen LogP contribution in [0.15, 0.2) is 108 Å². The minimum Gasteiger partial charge on any atom is -0.480 e. The summed E-state index contributed by atoms with van der Waals surface area (Å²) in [7, 11) is -8.00. The third kappa shape index (κ3) is 24.8. The number of nitrogens with one attached hydrogen (secondary N) is 7. The van der Waals surface area contributed by atoms with Crippen LogP contribution >= 0.6 is 47.0 Å². The molecule has 9 amide bonds. The van der Waals surface area contributed by atoms with Crippen LogP contribution in [0.5, 0.6) is 0 Å². The molecule has 4 saturated heterocycles. The molecular weight excluding hydrogens is 1540 g/mol. The second-order valence-electron chi connectivity index (χ2n) is 30.9. The normalized spacial score (nSPS) is 20.3. The van der Waals surface area contributed by atoms with E-state index in [2.05, 4.69) is 51.2 Å². The molecule has 0 bridgehead atoms. The van der Waals surface area contributed by atoms with Crippen LogP contribution in [-0.2, 0) is 58.4 Å². The Morgan fingerprint density at radius 2 is 0.901 bits per heavy atom. The summed E-state index contributed by atoms with van der Waals surface area (Å²) < 4.78 is 52.8. The monoisotopic (exact) mass is 1650 g/mol. The van der Waals surface area contributed by atoms with Crippen molar-refractivity contribution in [2.75, 3.05) is 36.1 Å². The Hall–Kier alpha value is -7.44. The molecule has 10 N–H and O–H groups in total. The van der Waals surface area contributed by atoms with Gasteiger partial charge in [0.05, 0.1) is 36.4 Å². The predicted molar refractivity (Wildman–Crippen MR) is 428 cm³/mol. The molecule has 2 spiro atoms. The number of carbonyl (C=O) groups is 10. The van der Waals surface area contributed by atoms with Crippen molar-refractivity contribution in [3.05, 3.63) is 109 Å². The topological polar surface area (TPSA) is 427 Å². The standard InChI is InChI=1S/C38H53N7O7S3.C27H39N5O5S2.C11H16N2O3S/c1-5-13-27(33(47)44-55(51,52)26-16-10-7-11-17-26)41-34(48)29-22-38(53-20-12-21-54-38)24-45(29)36(50)31(37(2,3)4)43-35(49)30(25-14-8-6-9-15-25)42-32(46)28-23-39-18-19-40-28;1-26(2,3)21(24(35)32-16-27(14-19(32)25(36)37)38-12-7-13-39-27)31-23(34)20(17-8-5-4-6-9-17)30-22(33)18-15-28-10-11-29-18;1-2-6-10(12)11(14)13-17(15,16)9-7-4-3-5-8-9/h7,10-11,16-19,23,25,27,29-31H,5-6,8-9,12-15,20-22,24H2,1-4H3,(H,41,48)(H,42,46)(H,43,49)(H,44,47);10-11,15,17,19-21H,4-9,12-14,16H2,1-3H3,(H,30,33)(H,31,34)(H,36,37);3-5,7-8,10H,2,6,12H2,1H3,(H,13,14)/t27-,29-,30-,31+;19-,20-,21+;10-/m000/s1. The number of rotatable bonds is 25. The number of sulfonamides is 2. The number of carboxylic acids is 1. The Bertz CT molecular complexity index is 4070. The summed E-state index contributed by atoms with van der Waals surface area (Å²) in [6.45, 7) is 15.3. The average molecular weight is 1650 g/mol. The zero-order valence-corrected chi connectivity index (χ0v) is 69.3. The molecule has 6 heterocycles. The number of hydrogen-bond donors (Lipinski definition) is 9. The molecule has 2 saturated carbocycles. The number of carboxylic acid groups (broad SMARTS) is 1. The van der Waals surface area contributed by atoms with Crippen molar-refractivity contribution in [2.24, 2.45) is 28.4 Å². The summed E-state index contributed by atoms with van der Waals surface area (Å²) in [6.07, 6.45) is 21.9. The van der Waals surface area contributed by atoms with Crippen molar-refractivity contribution in [3.63, 3.8) is 0 Å². The second-order valence-corrected chi connectivity index (χ2v) is 40.7. The van der Waals surface area contributed by atoms with Crippen molar-refractivity contribution in [1.29, 1.82) is 0 Å². The van der Waals surface area contributed by atoms with Gasteiger partial charge < -0.3 is 47.2 Å². The SMILES string of the molecule is CC(C)(C)[C@H](NC(=O)[C@@H](NC(=O)c1cnccn1)C1CCCCC1)C(=O)N1CC2(C[C@H]1C(=O)O)SCCCS2.CCC[C@H](N)C(=O)NS(=O)(=O)c1ccccc1.CCC[C@H](NC(=O)[C@@H]1CC2(CN1C(=O)[C@@H](NC(=O)[C@@H](NC(=O)c1cnccn1)C1CCCCC1)C(C)(C)C)SCCCS2)C(=O)NS(=O)(=O)c1ccccc1. The fraction of sp³-hybridized carbons (Fsp3) is 0.605. The Kier molecular flexibility index (Phi) is 32.5. The molecule has 29 nitrogen and oxygen atoms in total. The first-order valence-corrected chi connectivity index (χ1v) is 45.0. The summed E-state index contributed by atoms with van der Waals surface area (Å²) >= 11 is 6.88. The second kappa shape index (κ2) is 40.5. The first-order valence-electron chi connectivity index (χ1n) is 38.1. The van der Waals surface area contributed by atoms with Gasteiger partial charge in [-0.25, -0.2) is 41.0 Å². The van der Waals surface area contributed by atoms with Gasteiger partial charge >= 0.3 is 5.97 Å². The third-order valence-corrected chi connectivity index (χ3v) is 29.7. The van der Waals surface area contributed by atoms with E-state index in [1.54, 1.807) is 83.4 Å². The van der Waals surface area contributed by atoms with Crippen LogP contribution in [0, 0.1) is 22.7 Å². The summed E-state index contributed by atoms with van der Waals surface area (Å²) in [5, 5.41) is 24.5. The van der Waals surface area contributed by atoms with Gasteiger partial charge in [-0.2, -0.15) is 0 Å². The van der Waals surface area contributed by atoms with Crippen LogP contribution in [0.1, 0.15) is 192 Å². The zero-order valence-electron chi connectivity index (χ0n) is 64.4. The van der Waals surface area contributed by atoms with Crippen molar-refractivity contribution in [1.82, 2.24) is 65.8 Å². The first kappa shape index (κ1) is 89.1. The molecule has 2 aromatic heterocycles. The van der Waals surface area contributed by atoms with Crippen LogP contribution in [0.3, 0.4) is 0 Å². The highest BCUT2D eigenvalue weighted by Gasteiger charge is 2.55. The lowest BCUT2D eigenvalue weighted by Gasteiger charge is -2.38. The predicted octanol–water partition coefficient (Wildman–Crippen LogP) is 7.20. The number of nitrogens with two attached hydrogens (primary N) is 1. The summed E-state index contributed by atoms with van der Waals surface area (Å²) in [6, 6.07) is 7.50. The maximum absolute atomic E-state index is 14.8. The number of aromatic nitrogens is 4. The Labute approximate surface area is 668 Å². The molecule has 111 heavy (non-hydrogen) atoms. The number of thioether (sulfide) groups is 4. The van der Waals surface area contributed by atoms with E-state index in [4.69, 9.17) is 5.73 Å². The number of benzene rings is 2. The number of carbonyl (C=O) groups excluding carboxylic acids is 9. The van der Waals surface area contributed by atoms with Gasteiger partial charge in [0.25, 0.3) is 43.7 Å². The number of nitrogens with zero attached hydrogens (tertiary/aromatic N) is 6. The van der Waals surface area contributed by atoms with Crippen LogP contribution < -0.4 is 41.8 Å². The van der Waals surface area contributed by atoms with Crippen LogP contribution in [0.25, 0.3) is 0 Å². The largest absolute Gasteiger partial charge is 0.480 e. The van der Waals surface area contributed by atoms with E-state index >= 15 is 0 Å². The molecule has 4 aliphatic heterocycles. The van der Waals surface area contributed by atoms with Gasteiger partial charge in [-0.3, -0.25) is 53.1 Å². The fourth-order valence-electron chi connectivity index (χ4n) is 14.3. The highest BCUT2D eigenvalue weighted by Crippen LogP contribution is 2.52. The van der Waals surface area contributed by atoms with Crippen molar-refractivity contribution < 1.29 is 69.9 Å². The lowest BCUT2D eigenvalue weighted by Crippen LogP contribution is -2.62. The molecule has 8 atom stereocenters. The highest BCUT2D eigenvalue weighted by atomic mass is 32.2. The number of hydrogen-bond acceptors (Lipinski definition) is 23. The Morgan fingerprint density at radius 1 is 0.514 bits per heavy atom. The van der Waals surface area contributed by atoms with E-state index < -0.39 is 142 Å². The van der Waals surface area contributed by atoms with Crippen molar-refractivity contribution in [3.8, 4) is 0 Å². The zero-order chi connectivity index (χ0) is 80.9. The van der Waals surface area contributed by atoms with Crippen molar-refractivity contribution >= 4 is 126 Å². The Morgan fingerprint density at radius 3 is 1.27 bits per heavy atom. The lowest BCUT2D eigenvalue weighted by atomic mass is 9.82. The molecular formula is C76H108N14O15S6. The van der Waals surface area contributed by atoms with Gasteiger partial charge in [-0.15, -0.1) is 47.0 Å². The van der Waals surface area contributed by atoms with E-state index in [0.717, 1.165) is 106 Å². The molecule has 2 aliphatic carbocycles. The maximum atomic E-state index is 14.8. The average Bonchev–Trinajstić information content (AvgIpc) is 1.62. The Balaban J connectivity index is 0.000000238. The van der Waals surface area contributed by atoms with Crippen LogP contribution in [0.2, 0.25) is 0 Å². The lowest BCUT2D eigenvalue weighted by molar-refractivity contribution is -0.151. The van der Waals surface area contributed by atoms with E-state index in [1.165, 1.54) is 71.2 Å². The number of likely N-dealkylation sites (tertiary alicyclic amines) is 2. The number of aliphatic carboxylic acids is 1. The molecule has 0 radical (unpaired) electrons. The third-order valence-electron chi connectivity index (χ3n) is 20.3. The van der Waals surface area contributed by atoms with Crippen molar-refractivity contribution in [2.45, 2.75) is 237 Å². The summed E-state index contributed by atoms with van der Waals surface area (Å²) in [5.41, 5.74) is 4.23. The molecule has 608 valence electrons. The van der Waals surface area contributed by atoms with Crippen LogP contribution in [-0.4, -0.2) is 203 Å². The van der Waals surface area contributed by atoms with E-state index in [0.29, 0.717) is 32.2 Å². The number of amides is 9. The first-order chi connectivity index (χ1) is 52.6. The van der Waals surface area contributed by atoms with Gasteiger partial charge in [0.1, 0.15) is 53.7 Å². The minimum absolute atomic E-state index is 0.0528.